The van der Waals surface area contributed by atoms with Crippen molar-refractivity contribution in [3.05, 3.63) is 41.3 Å². The molecule has 1 amide bonds. The molecule has 0 bridgehead atoms. The third kappa shape index (κ3) is 4.10. The van der Waals surface area contributed by atoms with Crippen molar-refractivity contribution in [2.45, 2.75) is 32.4 Å². The van der Waals surface area contributed by atoms with Crippen molar-refractivity contribution in [3.63, 3.8) is 0 Å². The van der Waals surface area contributed by atoms with Crippen molar-refractivity contribution in [2.24, 2.45) is 0 Å². The number of carbonyl (C=O) groups is 1. The Bertz CT molecular complexity index is 880. The number of amides is 1. The first-order valence-electron chi connectivity index (χ1n) is 8.36. The van der Waals surface area contributed by atoms with Crippen LogP contribution in [0.4, 0.5) is 0 Å². The fourth-order valence-corrected chi connectivity index (χ4v) is 4.34. The van der Waals surface area contributed by atoms with Gasteiger partial charge in [0.15, 0.2) is 9.84 Å². The number of carbonyl (C=O) groups excluding carboxylic acids is 1. The van der Waals surface area contributed by atoms with Gasteiger partial charge >= 0.3 is 0 Å². The highest BCUT2D eigenvalue weighted by Crippen LogP contribution is 2.25. The van der Waals surface area contributed by atoms with Gasteiger partial charge in [0.1, 0.15) is 11.5 Å². The number of oxazole rings is 1. The van der Waals surface area contributed by atoms with Crippen molar-refractivity contribution in [2.75, 3.05) is 18.8 Å². The van der Waals surface area contributed by atoms with Gasteiger partial charge in [-0.2, -0.15) is 0 Å². The zero-order valence-electron chi connectivity index (χ0n) is 14.5. The largest absolute Gasteiger partial charge is 0.441 e. The smallest absolute Gasteiger partial charge is 0.237 e. The minimum absolute atomic E-state index is 0.284. The van der Waals surface area contributed by atoms with Crippen molar-refractivity contribution in [1.82, 2.24) is 9.88 Å². The number of sulfone groups is 1. The van der Waals surface area contributed by atoms with E-state index in [-0.39, 0.29) is 11.7 Å². The number of aryl methyl sites for hydroxylation is 2. The summed E-state index contributed by atoms with van der Waals surface area (Å²) in [5, 5.41) is 0. The van der Waals surface area contributed by atoms with Gasteiger partial charge in [-0.1, -0.05) is 18.2 Å². The molecule has 1 fully saturated rings. The molecule has 1 aromatic heterocycles. The Morgan fingerprint density at radius 2 is 1.88 bits per heavy atom. The van der Waals surface area contributed by atoms with E-state index in [4.69, 9.17) is 4.42 Å². The summed E-state index contributed by atoms with van der Waals surface area (Å²) in [5.41, 5.74) is 2.21. The molecule has 0 radical (unpaired) electrons. The first kappa shape index (κ1) is 17.7. The van der Waals surface area contributed by atoms with Crippen molar-refractivity contribution in [3.8, 4) is 11.5 Å². The molecular formula is C18H22N2O4S. The van der Waals surface area contributed by atoms with Crippen LogP contribution in [-0.4, -0.2) is 43.1 Å². The molecule has 3 rings (SSSR count). The average molecular weight is 362 g/mol. The predicted molar refractivity (Wildman–Crippen MR) is 94.7 cm³/mol. The summed E-state index contributed by atoms with van der Waals surface area (Å²) in [6.07, 6.45) is 1.88. The van der Waals surface area contributed by atoms with E-state index in [2.05, 4.69) is 4.98 Å². The lowest BCUT2D eigenvalue weighted by molar-refractivity contribution is -0.127. The van der Waals surface area contributed by atoms with Crippen LogP contribution in [0.5, 0.6) is 0 Å². The Morgan fingerprint density at radius 3 is 2.56 bits per heavy atom. The quantitative estimate of drug-likeness (QED) is 0.816. The summed E-state index contributed by atoms with van der Waals surface area (Å²) in [5.74, 6) is -0.202. The van der Waals surface area contributed by atoms with Crippen molar-refractivity contribution < 1.29 is 17.6 Å². The summed E-state index contributed by atoms with van der Waals surface area (Å²) in [7, 11) is -3.59. The number of aromatic nitrogens is 1. The minimum atomic E-state index is -3.59. The Morgan fingerprint density at radius 1 is 1.20 bits per heavy atom. The standard InChI is InChI=1S/C18H22N2O4S/c1-13-7-3-4-8-15(13)18-19-16(14(2)24-18)11-25(22,23)12-17(21)20-9-5-6-10-20/h3-4,7-8H,5-6,9-12H2,1-2H3. The summed E-state index contributed by atoms with van der Waals surface area (Å²) in [6, 6.07) is 7.63. The van der Waals surface area contributed by atoms with Crippen molar-refractivity contribution in [1.29, 1.82) is 0 Å². The van der Waals surface area contributed by atoms with Gasteiger partial charge in [0.2, 0.25) is 11.8 Å². The van der Waals surface area contributed by atoms with Crippen LogP contribution < -0.4 is 0 Å². The van der Waals surface area contributed by atoms with E-state index in [1.807, 2.05) is 31.2 Å². The fraction of sp³-hybridized carbons (Fsp3) is 0.444. The molecule has 0 atom stereocenters. The molecule has 0 aliphatic carbocycles. The van der Waals surface area contributed by atoms with Crippen LogP contribution in [0.15, 0.2) is 28.7 Å². The summed E-state index contributed by atoms with van der Waals surface area (Å²) in [4.78, 5) is 18.1. The SMILES string of the molecule is Cc1ccccc1-c1nc(CS(=O)(=O)CC(=O)N2CCCC2)c(C)o1. The Labute approximate surface area is 147 Å². The van der Waals surface area contributed by atoms with Crippen molar-refractivity contribution >= 4 is 15.7 Å². The maximum Gasteiger partial charge on any atom is 0.237 e. The number of nitrogens with zero attached hydrogens (tertiary/aromatic N) is 2. The molecule has 0 N–H and O–H groups in total. The molecule has 0 spiro atoms. The molecule has 7 heteroatoms. The van der Waals surface area contributed by atoms with E-state index < -0.39 is 15.6 Å². The molecule has 1 aliphatic heterocycles. The first-order valence-corrected chi connectivity index (χ1v) is 10.2. The zero-order valence-corrected chi connectivity index (χ0v) is 15.3. The molecular weight excluding hydrogens is 340 g/mol. The lowest BCUT2D eigenvalue weighted by atomic mass is 10.1. The van der Waals surface area contributed by atoms with Gasteiger partial charge in [-0.25, -0.2) is 13.4 Å². The van der Waals surface area contributed by atoms with E-state index >= 15 is 0 Å². The highest BCUT2D eigenvalue weighted by molar-refractivity contribution is 7.91. The molecule has 1 aliphatic rings. The van der Waals surface area contributed by atoms with E-state index in [0.717, 1.165) is 24.0 Å². The zero-order chi connectivity index (χ0) is 18.0. The molecule has 0 saturated carbocycles. The number of benzene rings is 1. The van der Waals surface area contributed by atoms with E-state index in [9.17, 15) is 13.2 Å². The van der Waals surface area contributed by atoms with Gasteiger partial charge < -0.3 is 9.32 Å². The van der Waals surface area contributed by atoms with Crippen LogP contribution >= 0.6 is 0 Å². The Kier molecular flexibility index (Phi) is 4.94. The van der Waals surface area contributed by atoms with Crippen LogP contribution in [0, 0.1) is 13.8 Å². The van der Waals surface area contributed by atoms with Gasteiger partial charge in [-0.3, -0.25) is 4.79 Å². The third-order valence-electron chi connectivity index (χ3n) is 4.43. The van der Waals surface area contributed by atoms with Crippen LogP contribution in [0.3, 0.4) is 0 Å². The van der Waals surface area contributed by atoms with Gasteiger partial charge in [-0.15, -0.1) is 0 Å². The number of hydrogen-bond donors (Lipinski definition) is 0. The maximum atomic E-state index is 12.4. The van der Waals surface area contributed by atoms with Crippen LogP contribution in [0.25, 0.3) is 11.5 Å². The molecule has 6 nitrogen and oxygen atoms in total. The first-order chi connectivity index (χ1) is 11.9. The number of rotatable bonds is 5. The molecule has 134 valence electrons. The molecule has 1 aromatic carbocycles. The monoisotopic (exact) mass is 362 g/mol. The van der Waals surface area contributed by atoms with Gasteiger partial charge in [0, 0.05) is 18.7 Å². The second kappa shape index (κ2) is 7.00. The molecule has 25 heavy (non-hydrogen) atoms. The number of hydrogen-bond acceptors (Lipinski definition) is 5. The Hall–Kier alpha value is -2.15. The van der Waals surface area contributed by atoms with Crippen LogP contribution in [0.1, 0.15) is 29.9 Å². The predicted octanol–water partition coefficient (Wildman–Crippen LogP) is 2.50. The number of likely N-dealkylation sites (tertiary alicyclic amines) is 1. The second-order valence-corrected chi connectivity index (χ2v) is 8.52. The van der Waals surface area contributed by atoms with E-state index in [1.54, 1.807) is 11.8 Å². The third-order valence-corrected chi connectivity index (χ3v) is 5.83. The Balaban J connectivity index is 1.76. The molecule has 1 saturated heterocycles. The van der Waals surface area contributed by atoms with Crippen LogP contribution in [-0.2, 0) is 20.4 Å². The molecule has 2 aromatic rings. The topological polar surface area (TPSA) is 80.5 Å². The summed E-state index contributed by atoms with van der Waals surface area (Å²) in [6.45, 7) is 4.94. The normalized spacial score (nSPS) is 14.9. The van der Waals surface area contributed by atoms with E-state index in [1.165, 1.54) is 0 Å². The highest BCUT2D eigenvalue weighted by Gasteiger charge is 2.26. The lowest BCUT2D eigenvalue weighted by Crippen LogP contribution is -2.33. The molecule has 0 unspecified atom stereocenters. The summed E-state index contributed by atoms with van der Waals surface area (Å²) >= 11 is 0. The second-order valence-electron chi connectivity index (χ2n) is 6.46. The minimum Gasteiger partial charge on any atom is -0.441 e. The fourth-order valence-electron chi connectivity index (χ4n) is 3.00. The van der Waals surface area contributed by atoms with Gasteiger partial charge in [0.05, 0.1) is 11.4 Å². The maximum absolute atomic E-state index is 12.4. The van der Waals surface area contributed by atoms with Crippen LogP contribution in [0.2, 0.25) is 0 Å². The lowest BCUT2D eigenvalue weighted by Gasteiger charge is -2.14. The van der Waals surface area contributed by atoms with Gasteiger partial charge in [0.25, 0.3) is 0 Å². The van der Waals surface area contributed by atoms with Gasteiger partial charge in [-0.05, 0) is 38.3 Å². The highest BCUT2D eigenvalue weighted by atomic mass is 32.2. The molecule has 2 heterocycles. The average Bonchev–Trinajstić information content (AvgIpc) is 3.18. The van der Waals surface area contributed by atoms with E-state index in [0.29, 0.717) is 30.4 Å². The summed E-state index contributed by atoms with van der Waals surface area (Å²) < 4.78 is 30.5.